The Bertz CT molecular complexity index is 827. The first-order valence-corrected chi connectivity index (χ1v) is 7.33. The predicted octanol–water partition coefficient (Wildman–Crippen LogP) is 2.45. The van der Waals surface area contributed by atoms with Crippen LogP contribution in [0.1, 0.15) is 11.1 Å². The van der Waals surface area contributed by atoms with Crippen molar-refractivity contribution < 1.29 is 37.1 Å². The average Bonchev–Trinajstić information content (AvgIpc) is 2.60. The number of nitro benzene ring substituents is 2. The van der Waals surface area contributed by atoms with Gasteiger partial charge >= 0.3 is 0 Å². The zero-order valence-electron chi connectivity index (χ0n) is 13.7. The van der Waals surface area contributed by atoms with Gasteiger partial charge in [0.05, 0.1) is 22.9 Å². The van der Waals surface area contributed by atoms with Crippen LogP contribution in [0.15, 0.2) is 46.4 Å². The number of aromatic hydroxyl groups is 2. The molecule has 0 saturated heterocycles. The first-order valence-electron chi connectivity index (χ1n) is 7.33. The van der Waals surface area contributed by atoms with Crippen LogP contribution in [-0.2, 0) is 17.1 Å². The Kier molecular flexibility index (Phi) is 8.05. The number of nitrogens with zero attached hydrogens (tertiary/aromatic N) is 4. The number of phenols is 2. The van der Waals surface area contributed by atoms with Crippen molar-refractivity contribution in [2.75, 3.05) is 13.1 Å². The third-order valence-corrected chi connectivity index (χ3v) is 3.26. The molecule has 0 aliphatic carbocycles. The largest absolute Gasteiger partial charge is 0.507 e. The van der Waals surface area contributed by atoms with Crippen molar-refractivity contribution in [1.29, 1.82) is 0 Å². The number of nitro groups is 2. The molecule has 0 aromatic heterocycles. The Morgan fingerprint density at radius 1 is 0.815 bits per heavy atom. The second-order valence-electron chi connectivity index (χ2n) is 5.07. The van der Waals surface area contributed by atoms with Crippen LogP contribution in [0.4, 0.5) is 11.4 Å². The fourth-order valence-corrected chi connectivity index (χ4v) is 1.96. The van der Waals surface area contributed by atoms with Crippen molar-refractivity contribution in [2.45, 2.75) is 0 Å². The van der Waals surface area contributed by atoms with Crippen LogP contribution in [0.25, 0.3) is 0 Å². The Morgan fingerprint density at radius 3 is 1.52 bits per heavy atom. The topological polar surface area (TPSA) is 151 Å². The smallest absolute Gasteiger partial charge is 0.270 e. The summed E-state index contributed by atoms with van der Waals surface area (Å²) in [6, 6.07) is 7.18. The molecule has 0 heterocycles. The Hall–Kier alpha value is -3.30. The van der Waals surface area contributed by atoms with Crippen LogP contribution in [0, 0.1) is 20.2 Å². The Balaban J connectivity index is 0.00000364. The van der Waals surface area contributed by atoms with Gasteiger partial charge in [0.15, 0.2) is 0 Å². The molecule has 0 aliphatic heterocycles. The molecule has 0 fully saturated rings. The molecule has 27 heavy (non-hydrogen) atoms. The molecule has 2 aromatic carbocycles. The van der Waals surface area contributed by atoms with Gasteiger partial charge < -0.3 is 10.2 Å². The van der Waals surface area contributed by atoms with Crippen LogP contribution in [-0.4, -0.2) is 45.6 Å². The predicted molar refractivity (Wildman–Crippen MR) is 94.4 cm³/mol. The molecule has 2 N–H and O–H groups in total. The molecule has 10 nitrogen and oxygen atoms in total. The van der Waals surface area contributed by atoms with Gasteiger partial charge in [-0.15, -0.1) is 0 Å². The summed E-state index contributed by atoms with van der Waals surface area (Å²) in [4.78, 5) is 28.3. The summed E-state index contributed by atoms with van der Waals surface area (Å²) in [5.41, 5.74) is 0.0888. The zero-order valence-corrected chi connectivity index (χ0v) is 14.9. The molecule has 0 unspecified atom stereocenters. The Morgan fingerprint density at radius 2 is 1.19 bits per heavy atom. The fraction of sp³-hybridized carbons (Fsp3) is 0.125. The minimum atomic E-state index is -0.577. The maximum absolute atomic E-state index is 10.7. The van der Waals surface area contributed by atoms with Gasteiger partial charge in [0.1, 0.15) is 11.5 Å². The molecule has 2 aromatic rings. The molecular formula is C16H14MnN4O6. The molecule has 141 valence electrons. The summed E-state index contributed by atoms with van der Waals surface area (Å²) >= 11 is 0. The number of benzene rings is 2. The normalized spacial score (nSPS) is 10.8. The second kappa shape index (κ2) is 10.00. The van der Waals surface area contributed by atoms with E-state index in [1.807, 2.05) is 0 Å². The number of hydrogen-bond donors (Lipinski definition) is 2. The van der Waals surface area contributed by atoms with Gasteiger partial charge in [-0.2, -0.15) is 0 Å². The molecule has 2 rings (SSSR count). The first-order chi connectivity index (χ1) is 12.4. The van der Waals surface area contributed by atoms with Crippen LogP contribution in [0.5, 0.6) is 11.5 Å². The van der Waals surface area contributed by atoms with E-state index in [-0.39, 0.29) is 64.2 Å². The van der Waals surface area contributed by atoms with Gasteiger partial charge in [0.2, 0.25) is 0 Å². The standard InChI is InChI=1S/C16H14N4O6.Mn/c21-15-3-1-13(19(23)24)7-11(15)9-17-5-6-18-10-12-8-14(20(25)26)2-4-16(12)22;/h1-4,7-10,21-22H,5-6H2;. The van der Waals surface area contributed by atoms with E-state index in [1.54, 1.807) is 0 Å². The van der Waals surface area contributed by atoms with Crippen LogP contribution in [0.2, 0.25) is 0 Å². The molecule has 1 radical (unpaired) electrons. The molecule has 0 saturated carbocycles. The van der Waals surface area contributed by atoms with Crippen molar-refractivity contribution in [3.63, 3.8) is 0 Å². The summed E-state index contributed by atoms with van der Waals surface area (Å²) in [5, 5.41) is 40.7. The van der Waals surface area contributed by atoms with Gasteiger partial charge in [-0.1, -0.05) is 0 Å². The summed E-state index contributed by atoms with van der Waals surface area (Å²) in [5.74, 6) is -0.270. The molecule has 0 aliphatic rings. The van der Waals surface area contributed by atoms with Crippen LogP contribution in [0.3, 0.4) is 0 Å². The third kappa shape index (κ3) is 6.17. The van der Waals surface area contributed by atoms with Gasteiger partial charge in [-0.3, -0.25) is 30.2 Å². The van der Waals surface area contributed by atoms with E-state index in [9.17, 15) is 30.4 Å². The molecule has 0 atom stereocenters. The molecule has 0 amide bonds. The SMILES string of the molecule is O=[N+]([O-])c1ccc(O)c(C=NCCN=Cc2cc([N+](=O)[O-])ccc2O)c1.[Mn]. The van der Waals surface area contributed by atoms with Crippen LogP contribution < -0.4 is 0 Å². The molecule has 0 spiro atoms. The minimum Gasteiger partial charge on any atom is -0.507 e. The molecule has 0 bridgehead atoms. The maximum Gasteiger partial charge on any atom is 0.270 e. The van der Waals surface area contributed by atoms with Crippen molar-refractivity contribution in [2.24, 2.45) is 9.98 Å². The first kappa shape index (κ1) is 21.7. The van der Waals surface area contributed by atoms with Gasteiger partial charge in [-0.05, 0) is 12.1 Å². The van der Waals surface area contributed by atoms with Crippen molar-refractivity contribution in [1.82, 2.24) is 0 Å². The van der Waals surface area contributed by atoms with E-state index in [0.717, 1.165) is 0 Å². The summed E-state index contributed by atoms with van der Waals surface area (Å²) in [6.45, 7) is 0.433. The van der Waals surface area contributed by atoms with E-state index in [1.165, 1.54) is 48.8 Å². The van der Waals surface area contributed by atoms with Crippen molar-refractivity contribution in [3.05, 3.63) is 67.8 Å². The third-order valence-electron chi connectivity index (χ3n) is 3.26. The van der Waals surface area contributed by atoms with Gasteiger partial charge in [0.25, 0.3) is 11.4 Å². The number of phenolic OH excluding ortho intramolecular Hbond substituents is 2. The van der Waals surface area contributed by atoms with E-state index < -0.39 is 9.85 Å². The van der Waals surface area contributed by atoms with Crippen molar-refractivity contribution in [3.8, 4) is 11.5 Å². The number of rotatable bonds is 7. The minimum absolute atomic E-state index is 0. The quantitative estimate of drug-likeness (QED) is 0.234. The monoisotopic (exact) mass is 413 g/mol. The van der Waals surface area contributed by atoms with Gasteiger partial charge in [0, 0.05) is 64.9 Å². The Labute approximate surface area is 163 Å². The summed E-state index contributed by atoms with van der Waals surface area (Å²) in [7, 11) is 0. The summed E-state index contributed by atoms with van der Waals surface area (Å²) < 4.78 is 0. The molecular weight excluding hydrogens is 399 g/mol. The van der Waals surface area contributed by atoms with E-state index in [4.69, 9.17) is 0 Å². The van der Waals surface area contributed by atoms with E-state index in [0.29, 0.717) is 0 Å². The van der Waals surface area contributed by atoms with Crippen LogP contribution >= 0.6 is 0 Å². The second-order valence-corrected chi connectivity index (χ2v) is 5.07. The summed E-state index contributed by atoms with van der Waals surface area (Å²) in [6.07, 6.45) is 2.59. The fourth-order valence-electron chi connectivity index (χ4n) is 1.96. The van der Waals surface area contributed by atoms with E-state index >= 15 is 0 Å². The zero-order chi connectivity index (χ0) is 19.1. The number of aliphatic imine (C=N–C) groups is 2. The van der Waals surface area contributed by atoms with E-state index in [2.05, 4.69) is 9.98 Å². The van der Waals surface area contributed by atoms with Gasteiger partial charge in [-0.25, -0.2) is 0 Å². The van der Waals surface area contributed by atoms with Crippen molar-refractivity contribution >= 4 is 23.8 Å². The molecule has 11 heteroatoms. The average molecular weight is 413 g/mol. The maximum atomic E-state index is 10.7. The number of hydrogen-bond acceptors (Lipinski definition) is 8. The number of non-ortho nitro benzene ring substituents is 2.